The number of aromatic carboxylic acids is 1. The smallest absolute Gasteiger partial charge is 0.337 e. The van der Waals surface area contributed by atoms with Crippen LogP contribution in [0.2, 0.25) is 5.02 Å². The van der Waals surface area contributed by atoms with E-state index < -0.39 is 11.8 Å². The first-order valence-corrected chi connectivity index (χ1v) is 11.8. The first kappa shape index (κ1) is 22.4. The van der Waals surface area contributed by atoms with Gasteiger partial charge in [0.15, 0.2) is 5.82 Å². The zero-order valence-electron chi connectivity index (χ0n) is 18.8. The van der Waals surface area contributed by atoms with Crippen LogP contribution < -0.4 is 0 Å². The van der Waals surface area contributed by atoms with E-state index in [2.05, 4.69) is 28.6 Å². The number of carboxylic acids is 1. The minimum absolute atomic E-state index is 0.0117. The fourth-order valence-corrected chi connectivity index (χ4v) is 5.68. The van der Waals surface area contributed by atoms with E-state index in [0.29, 0.717) is 5.56 Å². The predicted molar refractivity (Wildman–Crippen MR) is 131 cm³/mol. The van der Waals surface area contributed by atoms with Crippen LogP contribution in [-0.4, -0.2) is 31.6 Å². The molecule has 0 amide bonds. The molecule has 2 aromatic heterocycles. The molecule has 0 unspecified atom stereocenters. The van der Waals surface area contributed by atoms with Gasteiger partial charge in [-0.05, 0) is 51.0 Å². The fraction of sp³-hybridized carbons (Fsp3) is 0.200. The lowest BCUT2D eigenvalue weighted by atomic mass is 9.96. The molecule has 0 saturated heterocycles. The van der Waals surface area contributed by atoms with E-state index in [1.165, 1.54) is 10.9 Å². The molecule has 0 radical (unpaired) electrons. The standard InChI is InChI=1S/C25H20ClFN4O2S/c1-11-13(3)34-24-21(11)22(28-12(2)23-30-29-14(4)31(23)24)16-7-5-15(6-8-16)17-9-19(26)18(25(32)33)10-20(17)27/h5-10,12H,1-4H3,(H,32,33)/t12-/m0/s1. The van der Waals surface area contributed by atoms with Crippen LogP contribution >= 0.6 is 22.9 Å². The van der Waals surface area contributed by atoms with E-state index in [-0.39, 0.29) is 22.2 Å². The highest BCUT2D eigenvalue weighted by Crippen LogP contribution is 2.39. The van der Waals surface area contributed by atoms with Crippen molar-refractivity contribution in [3.05, 3.63) is 86.0 Å². The SMILES string of the molecule is Cc1sc2c(c1C)C(c1ccc(-c3cc(Cl)c(C(=O)O)cc3F)cc1)=N[C@@H](C)c1nnc(C)n1-2. The number of aliphatic imine (C=N–C) groups is 1. The molecule has 4 aromatic rings. The van der Waals surface area contributed by atoms with Gasteiger partial charge in [0.25, 0.3) is 0 Å². The lowest BCUT2D eigenvalue weighted by Crippen LogP contribution is -2.07. The van der Waals surface area contributed by atoms with Crippen LogP contribution in [0.15, 0.2) is 41.4 Å². The van der Waals surface area contributed by atoms with E-state index in [1.54, 1.807) is 23.5 Å². The van der Waals surface area contributed by atoms with Gasteiger partial charge in [0, 0.05) is 21.6 Å². The van der Waals surface area contributed by atoms with Crippen molar-refractivity contribution in [3.63, 3.8) is 0 Å². The number of benzene rings is 2. The van der Waals surface area contributed by atoms with Gasteiger partial charge in [0.1, 0.15) is 22.7 Å². The molecule has 1 atom stereocenters. The largest absolute Gasteiger partial charge is 0.478 e. The summed E-state index contributed by atoms with van der Waals surface area (Å²) in [6, 6.07) is 9.48. The Hall–Kier alpha value is -3.36. The summed E-state index contributed by atoms with van der Waals surface area (Å²) >= 11 is 7.77. The van der Waals surface area contributed by atoms with Gasteiger partial charge < -0.3 is 5.11 Å². The van der Waals surface area contributed by atoms with Crippen LogP contribution in [0.1, 0.15) is 56.5 Å². The minimum atomic E-state index is -1.27. The summed E-state index contributed by atoms with van der Waals surface area (Å²) in [5.74, 6) is -0.306. The molecular formula is C25H20ClFN4O2S. The second-order valence-electron chi connectivity index (χ2n) is 8.25. The van der Waals surface area contributed by atoms with Gasteiger partial charge in [-0.3, -0.25) is 9.56 Å². The molecule has 0 saturated carbocycles. The normalized spacial score (nSPS) is 14.9. The molecule has 5 rings (SSSR count). The molecule has 2 aromatic carbocycles. The minimum Gasteiger partial charge on any atom is -0.478 e. The number of hydrogen-bond acceptors (Lipinski definition) is 5. The highest BCUT2D eigenvalue weighted by molar-refractivity contribution is 7.15. The molecule has 0 fully saturated rings. The second-order valence-corrected chi connectivity index (χ2v) is 9.86. The monoisotopic (exact) mass is 494 g/mol. The highest BCUT2D eigenvalue weighted by Gasteiger charge is 2.29. The Labute approximate surface area is 204 Å². The first-order chi connectivity index (χ1) is 16.2. The molecular weight excluding hydrogens is 475 g/mol. The van der Waals surface area contributed by atoms with Crippen molar-refractivity contribution < 1.29 is 14.3 Å². The maximum Gasteiger partial charge on any atom is 0.337 e. The van der Waals surface area contributed by atoms with E-state index in [1.807, 2.05) is 26.0 Å². The molecule has 1 aliphatic heterocycles. The number of nitrogens with zero attached hydrogens (tertiary/aromatic N) is 4. The van der Waals surface area contributed by atoms with Gasteiger partial charge >= 0.3 is 5.97 Å². The topological polar surface area (TPSA) is 80.4 Å². The maximum atomic E-state index is 14.7. The molecule has 3 heterocycles. The average molecular weight is 495 g/mol. The maximum absolute atomic E-state index is 14.7. The van der Waals surface area contributed by atoms with Gasteiger partial charge in [-0.15, -0.1) is 21.5 Å². The molecule has 0 bridgehead atoms. The van der Waals surface area contributed by atoms with Crippen LogP contribution in [0.25, 0.3) is 16.1 Å². The molecule has 34 heavy (non-hydrogen) atoms. The Morgan fingerprint density at radius 3 is 2.47 bits per heavy atom. The first-order valence-electron chi connectivity index (χ1n) is 10.6. The summed E-state index contributed by atoms with van der Waals surface area (Å²) in [6.07, 6.45) is 0. The molecule has 0 spiro atoms. The average Bonchev–Trinajstić information content (AvgIpc) is 3.28. The van der Waals surface area contributed by atoms with Gasteiger partial charge in [-0.1, -0.05) is 35.9 Å². The number of fused-ring (bicyclic) bond motifs is 3. The Balaban J connectivity index is 1.62. The quantitative estimate of drug-likeness (QED) is 0.361. The third-order valence-electron chi connectivity index (χ3n) is 6.11. The van der Waals surface area contributed by atoms with E-state index >= 15 is 0 Å². The summed E-state index contributed by atoms with van der Waals surface area (Å²) < 4.78 is 16.8. The van der Waals surface area contributed by atoms with E-state index in [0.717, 1.165) is 45.1 Å². The summed E-state index contributed by atoms with van der Waals surface area (Å²) in [5.41, 5.74) is 4.50. The Morgan fingerprint density at radius 2 is 1.79 bits per heavy atom. The van der Waals surface area contributed by atoms with Crippen molar-refractivity contribution in [2.24, 2.45) is 4.99 Å². The van der Waals surface area contributed by atoms with Crippen molar-refractivity contribution >= 4 is 34.6 Å². The third kappa shape index (κ3) is 3.45. The van der Waals surface area contributed by atoms with Gasteiger partial charge in [-0.25, -0.2) is 9.18 Å². The van der Waals surface area contributed by atoms with Crippen molar-refractivity contribution in [2.45, 2.75) is 33.7 Å². The number of aromatic nitrogens is 3. The summed E-state index contributed by atoms with van der Waals surface area (Å²) in [6.45, 7) is 8.11. The molecule has 6 nitrogen and oxygen atoms in total. The van der Waals surface area contributed by atoms with Gasteiger partial charge in [0.2, 0.25) is 0 Å². The molecule has 172 valence electrons. The number of halogens is 2. The number of carboxylic acid groups (broad SMARTS) is 1. The molecule has 1 N–H and O–H groups in total. The van der Waals surface area contributed by atoms with Gasteiger partial charge in [0.05, 0.1) is 16.3 Å². The van der Waals surface area contributed by atoms with Crippen molar-refractivity contribution in [2.75, 3.05) is 0 Å². The molecule has 0 aliphatic carbocycles. The number of rotatable bonds is 3. The molecule has 1 aliphatic rings. The number of aryl methyl sites for hydroxylation is 2. The number of thiophene rings is 1. The zero-order chi connectivity index (χ0) is 24.3. The zero-order valence-corrected chi connectivity index (χ0v) is 20.4. The van der Waals surface area contributed by atoms with Crippen molar-refractivity contribution in [3.8, 4) is 16.1 Å². The Kier molecular flexibility index (Phi) is 5.37. The van der Waals surface area contributed by atoms with Crippen LogP contribution in [0.4, 0.5) is 4.39 Å². The van der Waals surface area contributed by atoms with Crippen LogP contribution in [0, 0.1) is 26.6 Å². The number of carbonyl (C=O) groups is 1. The van der Waals surface area contributed by atoms with Crippen molar-refractivity contribution in [1.82, 2.24) is 14.8 Å². The predicted octanol–water partition coefficient (Wildman–Crippen LogP) is 6.32. The Bertz CT molecular complexity index is 1500. The van der Waals surface area contributed by atoms with Gasteiger partial charge in [-0.2, -0.15) is 0 Å². The lowest BCUT2D eigenvalue weighted by Gasteiger charge is -2.11. The summed E-state index contributed by atoms with van der Waals surface area (Å²) in [7, 11) is 0. The Morgan fingerprint density at radius 1 is 1.12 bits per heavy atom. The van der Waals surface area contributed by atoms with Crippen LogP contribution in [0.3, 0.4) is 0 Å². The number of hydrogen-bond donors (Lipinski definition) is 1. The van der Waals surface area contributed by atoms with Crippen molar-refractivity contribution in [1.29, 1.82) is 0 Å². The summed E-state index contributed by atoms with van der Waals surface area (Å²) in [4.78, 5) is 17.4. The summed E-state index contributed by atoms with van der Waals surface area (Å²) in [5, 5.41) is 18.8. The third-order valence-corrected chi connectivity index (χ3v) is 7.61. The van der Waals surface area contributed by atoms with E-state index in [9.17, 15) is 14.3 Å². The molecule has 9 heteroatoms. The fourth-order valence-electron chi connectivity index (χ4n) is 4.22. The second kappa shape index (κ2) is 8.14. The van der Waals surface area contributed by atoms with Crippen LogP contribution in [-0.2, 0) is 0 Å². The lowest BCUT2D eigenvalue weighted by molar-refractivity contribution is 0.0696. The van der Waals surface area contributed by atoms with Crippen LogP contribution in [0.5, 0.6) is 0 Å². The highest BCUT2D eigenvalue weighted by atomic mass is 35.5. The van der Waals surface area contributed by atoms with E-state index in [4.69, 9.17) is 16.6 Å².